The van der Waals surface area contributed by atoms with Crippen molar-refractivity contribution < 1.29 is 20.1 Å². The standard InChI is InChI=1S/C20H23Cl2NO4/c21-13-1-4-17(18(22)8-13)20-6-3-15(27-20)9-23-10-19(26)16-5-2-14(25)7-12(16)11-24/h1-2,4-5,7-8,15,19-20,23-26H,3,6,9-11H2. The van der Waals surface area contributed by atoms with Crippen LogP contribution in [0, 0.1) is 0 Å². The summed E-state index contributed by atoms with van der Waals surface area (Å²) in [6.07, 6.45) is 0.975. The van der Waals surface area contributed by atoms with E-state index in [1.807, 2.05) is 12.1 Å². The molecule has 4 N–H and O–H groups in total. The molecule has 2 aromatic rings. The van der Waals surface area contributed by atoms with Gasteiger partial charge in [-0.05, 0) is 53.8 Å². The van der Waals surface area contributed by atoms with Crippen molar-refractivity contribution in [2.75, 3.05) is 13.1 Å². The number of hydrogen-bond acceptors (Lipinski definition) is 5. The van der Waals surface area contributed by atoms with Crippen LogP contribution in [0.15, 0.2) is 36.4 Å². The van der Waals surface area contributed by atoms with Gasteiger partial charge in [0.25, 0.3) is 0 Å². The SMILES string of the molecule is OCc1cc(O)ccc1C(O)CNCC1CCC(c2ccc(Cl)cc2Cl)O1. The number of rotatable bonds is 7. The van der Waals surface area contributed by atoms with Gasteiger partial charge in [-0.25, -0.2) is 0 Å². The number of benzene rings is 2. The van der Waals surface area contributed by atoms with Gasteiger partial charge < -0.3 is 25.4 Å². The number of hydrogen-bond donors (Lipinski definition) is 4. The molecule has 0 radical (unpaired) electrons. The van der Waals surface area contributed by atoms with Crippen molar-refractivity contribution in [3.63, 3.8) is 0 Å². The van der Waals surface area contributed by atoms with E-state index in [9.17, 15) is 15.3 Å². The molecule has 0 saturated carbocycles. The van der Waals surface area contributed by atoms with Crippen LogP contribution in [-0.2, 0) is 11.3 Å². The number of phenols is 1. The molecule has 7 heteroatoms. The number of aliphatic hydroxyl groups excluding tert-OH is 2. The molecular formula is C20H23Cl2NO4. The molecule has 3 atom stereocenters. The zero-order valence-corrected chi connectivity index (χ0v) is 16.2. The predicted molar refractivity (Wildman–Crippen MR) is 105 cm³/mol. The zero-order valence-electron chi connectivity index (χ0n) is 14.7. The van der Waals surface area contributed by atoms with Crippen molar-refractivity contribution >= 4 is 23.2 Å². The number of aliphatic hydroxyl groups is 2. The summed E-state index contributed by atoms with van der Waals surface area (Å²) in [5.41, 5.74) is 2.06. The van der Waals surface area contributed by atoms with Crippen molar-refractivity contribution in [2.24, 2.45) is 0 Å². The molecule has 0 bridgehead atoms. The summed E-state index contributed by atoms with van der Waals surface area (Å²) < 4.78 is 6.07. The lowest BCUT2D eigenvalue weighted by molar-refractivity contribution is 0.0428. The van der Waals surface area contributed by atoms with Gasteiger partial charge in [-0.2, -0.15) is 0 Å². The second kappa shape index (κ2) is 9.24. The van der Waals surface area contributed by atoms with Gasteiger partial charge in [0.1, 0.15) is 5.75 Å². The first-order chi connectivity index (χ1) is 13.0. The first kappa shape index (κ1) is 20.4. The van der Waals surface area contributed by atoms with Crippen molar-refractivity contribution in [1.29, 1.82) is 0 Å². The van der Waals surface area contributed by atoms with E-state index < -0.39 is 6.10 Å². The molecule has 0 amide bonds. The highest BCUT2D eigenvalue weighted by Crippen LogP contribution is 2.37. The summed E-state index contributed by atoms with van der Waals surface area (Å²) in [5, 5.41) is 33.7. The number of nitrogens with one attached hydrogen (secondary N) is 1. The van der Waals surface area contributed by atoms with Crippen LogP contribution in [0.4, 0.5) is 0 Å². The van der Waals surface area contributed by atoms with Crippen molar-refractivity contribution in [3.05, 3.63) is 63.1 Å². The second-order valence-electron chi connectivity index (χ2n) is 6.71. The Morgan fingerprint density at radius 3 is 2.70 bits per heavy atom. The normalized spacial score (nSPS) is 20.7. The molecule has 1 aliphatic rings. The molecule has 0 aromatic heterocycles. The van der Waals surface area contributed by atoms with Crippen molar-refractivity contribution in [3.8, 4) is 5.75 Å². The van der Waals surface area contributed by atoms with Gasteiger partial charge in [0, 0.05) is 23.1 Å². The summed E-state index contributed by atoms with van der Waals surface area (Å²) in [4.78, 5) is 0. The molecule has 1 saturated heterocycles. The molecule has 5 nitrogen and oxygen atoms in total. The largest absolute Gasteiger partial charge is 0.508 e. The Morgan fingerprint density at radius 2 is 1.96 bits per heavy atom. The Balaban J connectivity index is 1.50. The summed E-state index contributed by atoms with van der Waals surface area (Å²) in [6, 6.07) is 10.0. The fraction of sp³-hybridized carbons (Fsp3) is 0.400. The minimum absolute atomic E-state index is 0.0334. The maximum Gasteiger partial charge on any atom is 0.115 e. The highest BCUT2D eigenvalue weighted by Gasteiger charge is 2.28. The van der Waals surface area contributed by atoms with Crippen LogP contribution in [0.3, 0.4) is 0 Å². The third-order valence-corrected chi connectivity index (χ3v) is 5.34. The summed E-state index contributed by atoms with van der Waals surface area (Å²) in [7, 11) is 0. The Bertz CT molecular complexity index is 787. The Labute approximate surface area is 168 Å². The van der Waals surface area contributed by atoms with Gasteiger partial charge in [-0.15, -0.1) is 0 Å². The first-order valence-corrected chi connectivity index (χ1v) is 9.65. The third kappa shape index (κ3) is 5.13. The molecule has 0 spiro atoms. The number of halogens is 2. The van der Waals surface area contributed by atoms with Crippen LogP contribution < -0.4 is 5.32 Å². The van der Waals surface area contributed by atoms with Crippen LogP contribution in [0.1, 0.15) is 41.7 Å². The van der Waals surface area contributed by atoms with E-state index in [2.05, 4.69) is 5.32 Å². The van der Waals surface area contributed by atoms with Crippen LogP contribution in [0.2, 0.25) is 10.0 Å². The quantitative estimate of drug-likeness (QED) is 0.557. The van der Waals surface area contributed by atoms with E-state index in [4.69, 9.17) is 27.9 Å². The molecule has 146 valence electrons. The second-order valence-corrected chi connectivity index (χ2v) is 7.55. The van der Waals surface area contributed by atoms with E-state index >= 15 is 0 Å². The Kier molecular flexibility index (Phi) is 6.98. The number of aromatic hydroxyl groups is 1. The molecule has 1 fully saturated rings. The van der Waals surface area contributed by atoms with Crippen molar-refractivity contribution in [1.82, 2.24) is 5.32 Å². The van der Waals surface area contributed by atoms with E-state index in [0.717, 1.165) is 18.4 Å². The molecule has 1 heterocycles. The maximum atomic E-state index is 10.4. The highest BCUT2D eigenvalue weighted by atomic mass is 35.5. The van der Waals surface area contributed by atoms with E-state index in [0.29, 0.717) is 34.3 Å². The van der Waals surface area contributed by atoms with Crippen LogP contribution in [0.25, 0.3) is 0 Å². The lowest BCUT2D eigenvalue weighted by Gasteiger charge is -2.18. The zero-order chi connectivity index (χ0) is 19.4. The average molecular weight is 412 g/mol. The Hall–Kier alpha value is -1.34. The summed E-state index contributed by atoms with van der Waals surface area (Å²) in [5.74, 6) is 0.0641. The monoisotopic (exact) mass is 411 g/mol. The molecule has 0 aliphatic carbocycles. The summed E-state index contributed by atoms with van der Waals surface area (Å²) in [6.45, 7) is 0.686. The topological polar surface area (TPSA) is 82.0 Å². The van der Waals surface area contributed by atoms with Crippen molar-refractivity contribution in [2.45, 2.75) is 37.8 Å². The number of ether oxygens (including phenoxy) is 1. The van der Waals surface area contributed by atoms with E-state index in [1.54, 1.807) is 12.1 Å². The van der Waals surface area contributed by atoms with Gasteiger partial charge in [0.15, 0.2) is 0 Å². The fourth-order valence-corrected chi connectivity index (χ4v) is 3.92. The fourth-order valence-electron chi connectivity index (χ4n) is 3.39. The summed E-state index contributed by atoms with van der Waals surface area (Å²) >= 11 is 12.2. The van der Waals surface area contributed by atoms with Gasteiger partial charge in [-0.3, -0.25) is 0 Å². The minimum atomic E-state index is -0.782. The highest BCUT2D eigenvalue weighted by molar-refractivity contribution is 6.35. The Morgan fingerprint density at radius 1 is 1.15 bits per heavy atom. The van der Waals surface area contributed by atoms with Crippen LogP contribution >= 0.6 is 23.2 Å². The van der Waals surface area contributed by atoms with E-state index in [1.165, 1.54) is 12.1 Å². The molecule has 1 aliphatic heterocycles. The molecule has 3 unspecified atom stereocenters. The van der Waals surface area contributed by atoms with Crippen LogP contribution in [-0.4, -0.2) is 34.5 Å². The van der Waals surface area contributed by atoms with Crippen LogP contribution in [0.5, 0.6) is 5.75 Å². The van der Waals surface area contributed by atoms with Gasteiger partial charge in [0.05, 0.1) is 24.9 Å². The maximum absolute atomic E-state index is 10.4. The average Bonchev–Trinajstić information content (AvgIpc) is 3.10. The minimum Gasteiger partial charge on any atom is -0.508 e. The van der Waals surface area contributed by atoms with Gasteiger partial charge in [-0.1, -0.05) is 35.3 Å². The molecule has 2 aromatic carbocycles. The third-order valence-electron chi connectivity index (χ3n) is 4.78. The molecule has 3 rings (SSSR count). The number of phenolic OH excluding ortho intramolecular Hbond substituents is 1. The molecular weight excluding hydrogens is 389 g/mol. The van der Waals surface area contributed by atoms with E-state index in [-0.39, 0.29) is 24.6 Å². The van der Waals surface area contributed by atoms with Gasteiger partial charge >= 0.3 is 0 Å². The lowest BCUT2D eigenvalue weighted by Crippen LogP contribution is -2.30. The smallest absolute Gasteiger partial charge is 0.115 e. The first-order valence-electron chi connectivity index (χ1n) is 8.89. The predicted octanol–water partition coefficient (Wildman–Crippen LogP) is 3.73. The van der Waals surface area contributed by atoms with Gasteiger partial charge in [0.2, 0.25) is 0 Å². The molecule has 27 heavy (non-hydrogen) atoms. The lowest BCUT2D eigenvalue weighted by atomic mass is 10.0.